The lowest BCUT2D eigenvalue weighted by atomic mass is 9.63. The zero-order chi connectivity index (χ0) is 12.6. The Hall–Kier alpha value is -0.570. The highest BCUT2D eigenvalue weighted by atomic mass is 16.4. The van der Waals surface area contributed by atoms with Crippen molar-refractivity contribution in [2.45, 2.75) is 66.0 Å². The first-order chi connectivity index (χ1) is 7.11. The smallest absolute Gasteiger partial charge is 0.320 e. The highest BCUT2D eigenvalue weighted by molar-refractivity contribution is 5.72. The summed E-state index contributed by atoms with van der Waals surface area (Å²) in [6.07, 6.45) is 3.34. The summed E-state index contributed by atoms with van der Waals surface area (Å²) >= 11 is 0. The number of carboxylic acid groups (broad SMARTS) is 1. The number of hydrogen-bond acceptors (Lipinski definition) is 2. The molecule has 3 nitrogen and oxygen atoms in total. The minimum atomic E-state index is -0.763. The van der Waals surface area contributed by atoms with Crippen LogP contribution in [0.1, 0.15) is 53.9 Å². The quantitative estimate of drug-likeness (QED) is 0.779. The van der Waals surface area contributed by atoms with Gasteiger partial charge in [-0.05, 0) is 37.0 Å². The number of carboxylic acids is 1. The van der Waals surface area contributed by atoms with Crippen LogP contribution in [-0.4, -0.2) is 23.2 Å². The maximum absolute atomic E-state index is 10.8. The third-order valence-electron chi connectivity index (χ3n) is 3.41. The molecule has 1 atom stereocenters. The van der Waals surface area contributed by atoms with Crippen LogP contribution >= 0.6 is 0 Å². The first kappa shape index (κ1) is 13.5. The molecule has 1 aliphatic carbocycles. The number of hydrogen-bond donors (Lipinski definition) is 2. The maximum atomic E-state index is 10.8. The molecule has 3 heteroatoms. The second-order valence-corrected chi connectivity index (χ2v) is 6.84. The van der Waals surface area contributed by atoms with Gasteiger partial charge < -0.3 is 10.4 Å². The maximum Gasteiger partial charge on any atom is 0.320 e. The van der Waals surface area contributed by atoms with Crippen molar-refractivity contribution in [2.75, 3.05) is 0 Å². The Kier molecular flexibility index (Phi) is 3.68. The molecular weight excluding hydrogens is 202 g/mol. The monoisotopic (exact) mass is 227 g/mol. The lowest BCUT2D eigenvalue weighted by Crippen LogP contribution is -2.48. The van der Waals surface area contributed by atoms with Crippen molar-refractivity contribution in [1.29, 1.82) is 0 Å². The average Bonchev–Trinajstić information content (AvgIpc) is 1.96. The molecule has 0 bridgehead atoms. The van der Waals surface area contributed by atoms with Crippen molar-refractivity contribution in [3.63, 3.8) is 0 Å². The molecule has 1 fully saturated rings. The zero-order valence-corrected chi connectivity index (χ0v) is 11.1. The highest BCUT2D eigenvalue weighted by Crippen LogP contribution is 2.45. The molecule has 1 aliphatic rings. The van der Waals surface area contributed by atoms with Crippen LogP contribution in [-0.2, 0) is 4.79 Å². The second kappa shape index (κ2) is 4.36. The Balaban J connectivity index is 2.64. The number of aliphatic carboxylic acids is 1. The minimum absolute atomic E-state index is 0.303. The van der Waals surface area contributed by atoms with E-state index in [0.29, 0.717) is 16.9 Å². The van der Waals surface area contributed by atoms with Gasteiger partial charge >= 0.3 is 5.97 Å². The van der Waals surface area contributed by atoms with E-state index >= 15 is 0 Å². The molecule has 0 saturated heterocycles. The summed E-state index contributed by atoms with van der Waals surface area (Å²) in [5.41, 5.74) is 0.606. The fourth-order valence-electron chi connectivity index (χ4n) is 3.39. The molecule has 0 aliphatic heterocycles. The molecule has 0 aromatic carbocycles. The molecule has 0 radical (unpaired) electrons. The van der Waals surface area contributed by atoms with Crippen LogP contribution < -0.4 is 5.32 Å². The van der Waals surface area contributed by atoms with Crippen LogP contribution in [0.15, 0.2) is 0 Å². The molecule has 0 heterocycles. The summed E-state index contributed by atoms with van der Waals surface area (Å²) in [5.74, 6) is -0.763. The van der Waals surface area contributed by atoms with Gasteiger partial charge in [0.15, 0.2) is 0 Å². The first-order valence-electron chi connectivity index (χ1n) is 6.10. The van der Waals surface area contributed by atoms with E-state index in [0.717, 1.165) is 12.8 Å². The van der Waals surface area contributed by atoms with Gasteiger partial charge in [0.2, 0.25) is 0 Å². The molecule has 0 spiro atoms. The largest absolute Gasteiger partial charge is 0.480 e. The van der Waals surface area contributed by atoms with Gasteiger partial charge in [0.1, 0.15) is 6.04 Å². The Morgan fingerprint density at radius 2 is 1.69 bits per heavy atom. The second-order valence-electron chi connectivity index (χ2n) is 6.84. The van der Waals surface area contributed by atoms with Crippen LogP contribution in [0.3, 0.4) is 0 Å². The fraction of sp³-hybridized carbons (Fsp3) is 0.923. The summed E-state index contributed by atoms with van der Waals surface area (Å²) < 4.78 is 0. The average molecular weight is 227 g/mol. The molecule has 1 rings (SSSR count). The van der Waals surface area contributed by atoms with Gasteiger partial charge in [-0.2, -0.15) is 0 Å². The SMILES string of the molecule is C[C@H](NC1CC(C)(C)CC(C)(C)C1)C(=O)O. The van der Waals surface area contributed by atoms with Crippen molar-refractivity contribution in [1.82, 2.24) is 5.32 Å². The number of nitrogens with one attached hydrogen (secondary N) is 1. The van der Waals surface area contributed by atoms with E-state index in [1.54, 1.807) is 6.92 Å². The highest BCUT2D eigenvalue weighted by Gasteiger charge is 2.38. The lowest BCUT2D eigenvalue weighted by Gasteiger charge is -2.45. The Morgan fingerprint density at radius 1 is 1.25 bits per heavy atom. The van der Waals surface area contributed by atoms with E-state index < -0.39 is 12.0 Å². The molecular formula is C13H25NO2. The van der Waals surface area contributed by atoms with E-state index in [1.807, 2.05) is 0 Å². The summed E-state index contributed by atoms with van der Waals surface area (Å²) in [5, 5.41) is 12.1. The van der Waals surface area contributed by atoms with Crippen LogP contribution in [0.5, 0.6) is 0 Å². The van der Waals surface area contributed by atoms with E-state index in [-0.39, 0.29) is 0 Å². The zero-order valence-electron chi connectivity index (χ0n) is 11.1. The van der Waals surface area contributed by atoms with Crippen molar-refractivity contribution < 1.29 is 9.90 Å². The summed E-state index contributed by atoms with van der Waals surface area (Å²) in [4.78, 5) is 10.8. The molecule has 0 amide bonds. The number of rotatable bonds is 3. The Bertz CT molecular complexity index is 255. The summed E-state index contributed by atoms with van der Waals surface area (Å²) in [6.45, 7) is 10.8. The van der Waals surface area contributed by atoms with Crippen molar-refractivity contribution in [2.24, 2.45) is 10.8 Å². The molecule has 0 unspecified atom stereocenters. The van der Waals surface area contributed by atoms with Crippen LogP contribution in [0.25, 0.3) is 0 Å². The van der Waals surface area contributed by atoms with Crippen molar-refractivity contribution in [3.05, 3.63) is 0 Å². The van der Waals surface area contributed by atoms with E-state index in [1.165, 1.54) is 6.42 Å². The normalized spacial score (nSPS) is 26.3. The third-order valence-corrected chi connectivity index (χ3v) is 3.41. The van der Waals surface area contributed by atoms with Gasteiger partial charge in [-0.25, -0.2) is 0 Å². The molecule has 0 aromatic heterocycles. The van der Waals surface area contributed by atoms with E-state index in [2.05, 4.69) is 33.0 Å². The van der Waals surface area contributed by atoms with Gasteiger partial charge in [-0.15, -0.1) is 0 Å². The van der Waals surface area contributed by atoms with Crippen LogP contribution in [0.4, 0.5) is 0 Å². The van der Waals surface area contributed by atoms with Gasteiger partial charge in [-0.3, -0.25) is 4.79 Å². The predicted octanol–water partition coefficient (Wildman–Crippen LogP) is 2.65. The molecule has 16 heavy (non-hydrogen) atoms. The predicted molar refractivity (Wildman–Crippen MR) is 65.4 cm³/mol. The standard InChI is InChI=1S/C13H25NO2/c1-9(11(15)16)14-10-6-12(2,3)8-13(4,5)7-10/h9-10,14H,6-8H2,1-5H3,(H,15,16)/t9-/m0/s1. The van der Waals surface area contributed by atoms with E-state index in [4.69, 9.17) is 5.11 Å². The Labute approximate surface area is 98.6 Å². The first-order valence-corrected chi connectivity index (χ1v) is 6.10. The van der Waals surface area contributed by atoms with Crippen molar-refractivity contribution in [3.8, 4) is 0 Å². The minimum Gasteiger partial charge on any atom is -0.480 e. The van der Waals surface area contributed by atoms with E-state index in [9.17, 15) is 4.79 Å². The molecule has 94 valence electrons. The van der Waals surface area contributed by atoms with Gasteiger partial charge in [0.05, 0.1) is 0 Å². The molecule has 2 N–H and O–H groups in total. The number of carbonyl (C=O) groups is 1. The molecule has 1 saturated carbocycles. The summed E-state index contributed by atoms with van der Waals surface area (Å²) in [6, 6.07) is -0.125. The van der Waals surface area contributed by atoms with Gasteiger partial charge in [0.25, 0.3) is 0 Å². The van der Waals surface area contributed by atoms with Crippen molar-refractivity contribution >= 4 is 5.97 Å². The van der Waals surface area contributed by atoms with Crippen LogP contribution in [0, 0.1) is 10.8 Å². The Morgan fingerprint density at radius 3 is 2.06 bits per heavy atom. The van der Waals surface area contributed by atoms with Gasteiger partial charge in [0, 0.05) is 6.04 Å². The lowest BCUT2D eigenvalue weighted by molar-refractivity contribution is -0.139. The topological polar surface area (TPSA) is 49.3 Å². The van der Waals surface area contributed by atoms with Crippen LogP contribution in [0.2, 0.25) is 0 Å². The summed E-state index contributed by atoms with van der Waals surface area (Å²) in [7, 11) is 0. The molecule has 0 aromatic rings. The third kappa shape index (κ3) is 3.78. The van der Waals surface area contributed by atoms with Gasteiger partial charge in [-0.1, -0.05) is 27.7 Å². The fourth-order valence-corrected chi connectivity index (χ4v) is 3.39.